The Kier molecular flexibility index (Phi) is 6.44. The van der Waals surface area contributed by atoms with Gasteiger partial charge in [0.2, 0.25) is 5.75 Å². The largest absolute Gasteiger partial charge is 0.476 e. The molecule has 0 aliphatic rings. The first-order valence-corrected chi connectivity index (χ1v) is 10.1. The predicted octanol–water partition coefficient (Wildman–Crippen LogP) is 2.64. The lowest BCUT2D eigenvalue weighted by molar-refractivity contribution is -0.385. The van der Waals surface area contributed by atoms with Gasteiger partial charge in [-0.15, -0.1) is 4.68 Å². The standard InChI is InChI=1S/C23H16FN5O6/c24-15-6-4-7-16(11-15)26-20(30)13-35-21-14(5-3-10-19(21)29(33)34)12-25-28-22(31)17-8-1-2-9-18(17)27-23(28)32/h1-12H,13H2,(H,26,30)(H,27,32). The molecule has 0 unspecified atom stereocenters. The number of hydrogen-bond acceptors (Lipinski definition) is 7. The molecule has 4 aromatic rings. The van der Waals surface area contributed by atoms with Crippen molar-refractivity contribution in [3.05, 3.63) is 109 Å². The molecule has 0 saturated carbocycles. The number of nitrogens with zero attached hydrogens (tertiary/aromatic N) is 3. The van der Waals surface area contributed by atoms with Crippen LogP contribution < -0.4 is 21.3 Å². The van der Waals surface area contributed by atoms with E-state index in [1.54, 1.807) is 18.2 Å². The highest BCUT2D eigenvalue weighted by Crippen LogP contribution is 2.30. The number of nitro groups is 1. The highest BCUT2D eigenvalue weighted by atomic mass is 19.1. The molecule has 0 bridgehead atoms. The highest BCUT2D eigenvalue weighted by Gasteiger charge is 2.20. The number of para-hydroxylation sites is 2. The monoisotopic (exact) mass is 477 g/mol. The lowest BCUT2D eigenvalue weighted by Gasteiger charge is -2.10. The molecule has 1 heterocycles. The Morgan fingerprint density at radius 2 is 1.91 bits per heavy atom. The Labute approximate surface area is 195 Å². The number of carbonyl (C=O) groups excluding carboxylic acids is 1. The molecule has 12 heteroatoms. The second-order valence-electron chi connectivity index (χ2n) is 7.14. The molecule has 0 aliphatic carbocycles. The van der Waals surface area contributed by atoms with Gasteiger partial charge in [-0.3, -0.25) is 19.7 Å². The maximum Gasteiger partial charge on any atom is 0.349 e. The fourth-order valence-corrected chi connectivity index (χ4v) is 3.22. The van der Waals surface area contributed by atoms with Gasteiger partial charge in [0.05, 0.1) is 22.0 Å². The number of aromatic amines is 1. The lowest BCUT2D eigenvalue weighted by atomic mass is 10.2. The number of aromatic nitrogens is 2. The average molecular weight is 477 g/mol. The smallest absolute Gasteiger partial charge is 0.349 e. The molecule has 0 aliphatic heterocycles. The second-order valence-corrected chi connectivity index (χ2v) is 7.14. The Morgan fingerprint density at radius 1 is 1.14 bits per heavy atom. The summed E-state index contributed by atoms with van der Waals surface area (Å²) in [4.78, 5) is 50.5. The van der Waals surface area contributed by atoms with Gasteiger partial charge < -0.3 is 15.0 Å². The van der Waals surface area contributed by atoms with E-state index < -0.39 is 40.2 Å². The van der Waals surface area contributed by atoms with Crippen LogP contribution in [-0.4, -0.2) is 33.3 Å². The van der Waals surface area contributed by atoms with Gasteiger partial charge in [-0.05, 0) is 36.4 Å². The molecule has 1 amide bonds. The van der Waals surface area contributed by atoms with Crippen molar-refractivity contribution in [1.29, 1.82) is 0 Å². The van der Waals surface area contributed by atoms with Crippen molar-refractivity contribution < 1.29 is 18.8 Å². The molecule has 176 valence electrons. The van der Waals surface area contributed by atoms with Gasteiger partial charge in [-0.2, -0.15) is 5.10 Å². The molecule has 0 fully saturated rings. The summed E-state index contributed by atoms with van der Waals surface area (Å²) in [6.45, 7) is -0.640. The van der Waals surface area contributed by atoms with Crippen LogP contribution in [0.1, 0.15) is 5.56 Å². The van der Waals surface area contributed by atoms with Gasteiger partial charge in [0.25, 0.3) is 11.5 Å². The summed E-state index contributed by atoms with van der Waals surface area (Å²) >= 11 is 0. The molecular weight excluding hydrogens is 461 g/mol. The first-order chi connectivity index (χ1) is 16.8. The van der Waals surface area contributed by atoms with E-state index in [9.17, 15) is 28.9 Å². The molecule has 11 nitrogen and oxygen atoms in total. The van der Waals surface area contributed by atoms with E-state index in [1.165, 1.54) is 36.4 Å². The van der Waals surface area contributed by atoms with Crippen LogP contribution >= 0.6 is 0 Å². The number of benzene rings is 3. The summed E-state index contributed by atoms with van der Waals surface area (Å²) in [5.41, 5.74) is -1.42. The number of hydrogen-bond donors (Lipinski definition) is 2. The first-order valence-electron chi connectivity index (χ1n) is 10.1. The van der Waals surface area contributed by atoms with Crippen LogP contribution in [0.2, 0.25) is 0 Å². The topological polar surface area (TPSA) is 149 Å². The zero-order valence-electron chi connectivity index (χ0n) is 17.8. The number of carbonyl (C=O) groups is 1. The van der Waals surface area contributed by atoms with Gasteiger partial charge in [0, 0.05) is 17.3 Å². The molecule has 3 aromatic carbocycles. The normalized spacial score (nSPS) is 11.0. The fraction of sp³-hybridized carbons (Fsp3) is 0.0435. The van der Waals surface area contributed by atoms with Crippen LogP contribution in [0.3, 0.4) is 0 Å². The Bertz CT molecular complexity index is 1590. The number of halogens is 1. The van der Waals surface area contributed by atoms with Crippen LogP contribution in [-0.2, 0) is 4.79 Å². The van der Waals surface area contributed by atoms with E-state index in [4.69, 9.17) is 4.74 Å². The molecule has 0 atom stereocenters. The molecule has 0 radical (unpaired) electrons. The fourth-order valence-electron chi connectivity index (χ4n) is 3.22. The van der Waals surface area contributed by atoms with Crippen LogP contribution in [0.5, 0.6) is 5.75 Å². The zero-order chi connectivity index (χ0) is 24.9. The van der Waals surface area contributed by atoms with Gasteiger partial charge in [-0.1, -0.05) is 24.3 Å². The third-order valence-corrected chi connectivity index (χ3v) is 4.77. The predicted molar refractivity (Wildman–Crippen MR) is 125 cm³/mol. The summed E-state index contributed by atoms with van der Waals surface area (Å²) in [5, 5.41) is 18.0. The van der Waals surface area contributed by atoms with E-state index in [0.29, 0.717) is 10.2 Å². The van der Waals surface area contributed by atoms with Gasteiger partial charge in [0.1, 0.15) is 5.82 Å². The SMILES string of the molecule is O=C(COc1c(C=Nn2c(=O)[nH]c3ccccc3c2=O)cccc1[N+](=O)[O-])Nc1cccc(F)c1. The van der Waals surface area contributed by atoms with E-state index in [2.05, 4.69) is 15.4 Å². The first kappa shape index (κ1) is 23.0. The number of rotatable bonds is 7. The Hall–Kier alpha value is -5.13. The molecule has 0 spiro atoms. The average Bonchev–Trinajstić information content (AvgIpc) is 2.82. The minimum atomic E-state index is -0.813. The van der Waals surface area contributed by atoms with E-state index in [1.807, 2.05) is 0 Å². The Morgan fingerprint density at radius 3 is 2.69 bits per heavy atom. The van der Waals surface area contributed by atoms with Gasteiger partial charge in [0.15, 0.2) is 6.61 Å². The number of ether oxygens (including phenoxy) is 1. The summed E-state index contributed by atoms with van der Waals surface area (Å²) in [5.74, 6) is -1.56. The van der Waals surface area contributed by atoms with Crippen molar-refractivity contribution in [2.75, 3.05) is 11.9 Å². The maximum absolute atomic E-state index is 13.3. The number of fused-ring (bicyclic) bond motifs is 1. The van der Waals surface area contributed by atoms with Crippen LogP contribution in [0.25, 0.3) is 10.9 Å². The van der Waals surface area contributed by atoms with Crippen LogP contribution in [0.15, 0.2) is 81.4 Å². The summed E-state index contributed by atoms with van der Waals surface area (Å²) in [7, 11) is 0. The van der Waals surface area contributed by atoms with Crippen molar-refractivity contribution >= 4 is 34.4 Å². The number of amides is 1. The minimum Gasteiger partial charge on any atom is -0.476 e. The third-order valence-electron chi connectivity index (χ3n) is 4.77. The van der Waals surface area contributed by atoms with Crippen molar-refractivity contribution in [3.63, 3.8) is 0 Å². The summed E-state index contributed by atoms with van der Waals surface area (Å²) in [6.07, 6.45) is 1.04. The lowest BCUT2D eigenvalue weighted by Crippen LogP contribution is -2.32. The highest BCUT2D eigenvalue weighted by molar-refractivity contribution is 5.92. The molecule has 1 aromatic heterocycles. The van der Waals surface area contributed by atoms with Gasteiger partial charge >= 0.3 is 11.4 Å². The quantitative estimate of drug-likeness (QED) is 0.237. The van der Waals surface area contributed by atoms with Crippen molar-refractivity contribution in [2.24, 2.45) is 5.10 Å². The van der Waals surface area contributed by atoms with Crippen LogP contribution in [0, 0.1) is 15.9 Å². The third kappa shape index (κ3) is 5.11. The summed E-state index contributed by atoms with van der Waals surface area (Å²) < 4.78 is 19.3. The summed E-state index contributed by atoms with van der Waals surface area (Å²) in [6, 6.07) is 15.4. The second kappa shape index (κ2) is 9.79. The van der Waals surface area contributed by atoms with Crippen molar-refractivity contribution in [2.45, 2.75) is 0 Å². The van der Waals surface area contributed by atoms with E-state index in [-0.39, 0.29) is 22.4 Å². The Balaban J connectivity index is 1.63. The van der Waals surface area contributed by atoms with E-state index in [0.717, 1.165) is 18.3 Å². The number of anilines is 1. The number of nitrogens with one attached hydrogen (secondary N) is 2. The minimum absolute atomic E-state index is 0.0391. The molecular formula is C23H16FN5O6. The molecule has 4 rings (SSSR count). The van der Waals surface area contributed by atoms with Crippen molar-refractivity contribution in [3.8, 4) is 5.75 Å². The molecule has 2 N–H and O–H groups in total. The van der Waals surface area contributed by atoms with Gasteiger partial charge in [-0.25, -0.2) is 9.18 Å². The van der Waals surface area contributed by atoms with Crippen LogP contribution in [0.4, 0.5) is 15.8 Å². The molecule has 0 saturated heterocycles. The molecule has 35 heavy (non-hydrogen) atoms. The maximum atomic E-state index is 13.3. The van der Waals surface area contributed by atoms with Crippen molar-refractivity contribution in [1.82, 2.24) is 9.66 Å². The van der Waals surface area contributed by atoms with E-state index >= 15 is 0 Å². The zero-order valence-corrected chi connectivity index (χ0v) is 17.8. The number of H-pyrrole nitrogens is 1. The number of nitro benzene ring substituents is 1.